The van der Waals surface area contributed by atoms with E-state index in [-0.39, 0.29) is 24.2 Å². The molecule has 3 N–H and O–H groups in total. The summed E-state index contributed by atoms with van der Waals surface area (Å²) in [6.07, 6.45) is 1.39. The zero-order chi connectivity index (χ0) is 19.4. The molecule has 3 rings (SSSR count). The first-order chi connectivity index (χ1) is 13.0. The first-order valence-corrected chi connectivity index (χ1v) is 9.11. The minimum Gasteiger partial charge on any atom is -0.494 e. The lowest BCUT2D eigenvalue weighted by atomic mass is 9.94. The number of anilines is 2. The normalized spacial score (nSPS) is 15.5. The van der Waals surface area contributed by atoms with Gasteiger partial charge in [-0.05, 0) is 24.1 Å². The van der Waals surface area contributed by atoms with Gasteiger partial charge in [-0.15, -0.1) is 12.4 Å². The van der Waals surface area contributed by atoms with Gasteiger partial charge in [-0.2, -0.15) is 0 Å². The van der Waals surface area contributed by atoms with Gasteiger partial charge in [-0.1, -0.05) is 37.3 Å². The highest BCUT2D eigenvalue weighted by Crippen LogP contribution is 2.34. The van der Waals surface area contributed by atoms with Crippen molar-refractivity contribution in [1.82, 2.24) is 0 Å². The molecule has 150 valence electrons. The molecule has 1 saturated heterocycles. The lowest BCUT2D eigenvalue weighted by molar-refractivity contribution is -0.120. The molecule has 1 aliphatic heterocycles. The molecule has 2 aromatic carbocycles. The zero-order valence-electron chi connectivity index (χ0n) is 16.1. The second-order valence-corrected chi connectivity index (χ2v) is 6.75. The highest BCUT2D eigenvalue weighted by molar-refractivity contribution is 5.98. The van der Waals surface area contributed by atoms with Crippen molar-refractivity contribution in [2.45, 2.75) is 25.8 Å². The highest BCUT2D eigenvalue weighted by atomic mass is 35.5. The smallest absolute Gasteiger partial charge is 0.229 e. The van der Waals surface area contributed by atoms with Gasteiger partial charge in [0, 0.05) is 30.8 Å². The Balaban J connectivity index is 0.00000280. The Hall–Kier alpha value is -2.57. The quantitative estimate of drug-likeness (QED) is 0.772. The Labute approximate surface area is 171 Å². The average Bonchev–Trinajstić information content (AvgIpc) is 3.13. The number of nitrogens with one attached hydrogen (secondary N) is 1. The summed E-state index contributed by atoms with van der Waals surface area (Å²) in [4.78, 5) is 26.3. The number of hydrogen-bond acceptors (Lipinski definition) is 4. The van der Waals surface area contributed by atoms with Crippen molar-refractivity contribution in [3.63, 3.8) is 0 Å². The van der Waals surface area contributed by atoms with Crippen molar-refractivity contribution in [3.8, 4) is 5.75 Å². The standard InChI is InChI=1S/C21H25N3O3.ClH/c1-14(20(22)15-7-4-3-5-8-15)21(26)23-16-10-11-17(18(13-16)27-2)24-12-6-9-19(24)25;/h3-5,7-8,10-11,13-14,20H,6,9,12,22H2,1-2H3,(H,23,26);1H. The van der Waals surface area contributed by atoms with Crippen LogP contribution in [0.2, 0.25) is 0 Å². The number of carbonyl (C=O) groups excluding carboxylic acids is 2. The number of methoxy groups -OCH3 is 1. The molecule has 0 radical (unpaired) electrons. The largest absolute Gasteiger partial charge is 0.494 e. The first-order valence-electron chi connectivity index (χ1n) is 9.11. The van der Waals surface area contributed by atoms with Gasteiger partial charge in [0.1, 0.15) is 5.75 Å². The van der Waals surface area contributed by atoms with Crippen LogP contribution in [0.15, 0.2) is 48.5 Å². The SMILES string of the molecule is COc1cc(NC(=O)C(C)C(N)c2ccccc2)ccc1N1CCCC1=O.Cl. The summed E-state index contributed by atoms with van der Waals surface area (Å²) in [5.74, 6) is 0.0761. The number of carbonyl (C=O) groups is 2. The van der Waals surface area contributed by atoms with E-state index in [2.05, 4.69) is 5.32 Å². The van der Waals surface area contributed by atoms with Crippen LogP contribution in [-0.4, -0.2) is 25.5 Å². The molecular formula is C21H26ClN3O3. The molecule has 1 fully saturated rings. The molecule has 2 aromatic rings. The van der Waals surface area contributed by atoms with Crippen LogP contribution in [0.5, 0.6) is 5.75 Å². The number of nitrogens with zero attached hydrogens (tertiary/aromatic N) is 1. The van der Waals surface area contributed by atoms with Crippen molar-refractivity contribution in [1.29, 1.82) is 0 Å². The van der Waals surface area contributed by atoms with Gasteiger partial charge < -0.3 is 20.7 Å². The molecular weight excluding hydrogens is 378 g/mol. The van der Waals surface area contributed by atoms with Crippen molar-refractivity contribution >= 4 is 35.6 Å². The van der Waals surface area contributed by atoms with Crippen LogP contribution in [0.25, 0.3) is 0 Å². The second kappa shape index (κ2) is 9.57. The minimum absolute atomic E-state index is 0. The van der Waals surface area contributed by atoms with Gasteiger partial charge in [-0.25, -0.2) is 0 Å². The monoisotopic (exact) mass is 403 g/mol. The van der Waals surface area contributed by atoms with E-state index in [4.69, 9.17) is 10.5 Å². The fourth-order valence-electron chi connectivity index (χ4n) is 3.26. The van der Waals surface area contributed by atoms with E-state index in [0.717, 1.165) is 17.7 Å². The third-order valence-corrected chi connectivity index (χ3v) is 4.95. The van der Waals surface area contributed by atoms with Gasteiger partial charge in [0.25, 0.3) is 0 Å². The number of nitrogens with two attached hydrogens (primary N) is 1. The predicted molar refractivity (Wildman–Crippen MR) is 113 cm³/mol. The summed E-state index contributed by atoms with van der Waals surface area (Å²) in [7, 11) is 1.55. The lowest BCUT2D eigenvalue weighted by Gasteiger charge is -2.22. The third-order valence-electron chi connectivity index (χ3n) is 4.95. The molecule has 0 spiro atoms. The maximum atomic E-state index is 12.6. The predicted octanol–water partition coefficient (Wildman–Crippen LogP) is 3.52. The number of halogens is 1. The van der Waals surface area contributed by atoms with Crippen LogP contribution in [0, 0.1) is 5.92 Å². The number of benzene rings is 2. The molecule has 0 aromatic heterocycles. The lowest BCUT2D eigenvalue weighted by Crippen LogP contribution is -2.30. The van der Waals surface area contributed by atoms with E-state index in [0.29, 0.717) is 24.4 Å². The Kier molecular flexibility index (Phi) is 7.43. The highest BCUT2D eigenvalue weighted by Gasteiger charge is 2.26. The van der Waals surface area contributed by atoms with E-state index < -0.39 is 12.0 Å². The van der Waals surface area contributed by atoms with Crippen LogP contribution in [-0.2, 0) is 9.59 Å². The molecule has 7 heteroatoms. The fraction of sp³-hybridized carbons (Fsp3) is 0.333. The molecule has 2 atom stereocenters. The first kappa shape index (κ1) is 21.7. The number of rotatable bonds is 6. The maximum Gasteiger partial charge on any atom is 0.229 e. The molecule has 1 heterocycles. The molecule has 2 unspecified atom stereocenters. The third kappa shape index (κ3) is 4.64. The van der Waals surface area contributed by atoms with Crippen LogP contribution >= 0.6 is 12.4 Å². The van der Waals surface area contributed by atoms with Crippen LogP contribution in [0.3, 0.4) is 0 Å². The van der Waals surface area contributed by atoms with Gasteiger partial charge in [0.05, 0.1) is 18.7 Å². The molecule has 2 amide bonds. The Morgan fingerprint density at radius 2 is 1.93 bits per heavy atom. The van der Waals surface area contributed by atoms with E-state index >= 15 is 0 Å². The summed E-state index contributed by atoms with van der Waals surface area (Å²) < 4.78 is 5.44. The molecule has 0 saturated carbocycles. The van der Waals surface area contributed by atoms with Gasteiger partial charge in [0.2, 0.25) is 11.8 Å². The zero-order valence-corrected chi connectivity index (χ0v) is 16.9. The van der Waals surface area contributed by atoms with Crippen LogP contribution < -0.4 is 20.7 Å². The van der Waals surface area contributed by atoms with Crippen molar-refractivity contribution in [2.75, 3.05) is 23.9 Å². The number of amides is 2. The Bertz CT molecular complexity index is 829. The van der Waals surface area contributed by atoms with E-state index in [1.54, 1.807) is 30.2 Å². The molecule has 28 heavy (non-hydrogen) atoms. The second-order valence-electron chi connectivity index (χ2n) is 6.75. The fourth-order valence-corrected chi connectivity index (χ4v) is 3.26. The van der Waals surface area contributed by atoms with E-state index in [1.807, 2.05) is 37.3 Å². The summed E-state index contributed by atoms with van der Waals surface area (Å²) in [5.41, 5.74) is 8.50. The summed E-state index contributed by atoms with van der Waals surface area (Å²) in [6.45, 7) is 2.49. The Morgan fingerprint density at radius 1 is 1.21 bits per heavy atom. The summed E-state index contributed by atoms with van der Waals surface area (Å²) >= 11 is 0. The van der Waals surface area contributed by atoms with E-state index in [9.17, 15) is 9.59 Å². The van der Waals surface area contributed by atoms with Crippen molar-refractivity contribution < 1.29 is 14.3 Å². The molecule has 0 aliphatic carbocycles. The molecule has 1 aliphatic rings. The minimum atomic E-state index is -0.404. The van der Waals surface area contributed by atoms with E-state index in [1.165, 1.54) is 0 Å². The van der Waals surface area contributed by atoms with Crippen molar-refractivity contribution in [2.24, 2.45) is 11.7 Å². The summed E-state index contributed by atoms with van der Waals surface area (Å²) in [5, 5.41) is 2.89. The number of hydrogen-bond donors (Lipinski definition) is 2. The van der Waals surface area contributed by atoms with Gasteiger partial charge in [0.15, 0.2) is 0 Å². The maximum absolute atomic E-state index is 12.6. The molecule has 0 bridgehead atoms. The van der Waals surface area contributed by atoms with Crippen molar-refractivity contribution in [3.05, 3.63) is 54.1 Å². The average molecular weight is 404 g/mol. The summed E-state index contributed by atoms with van der Waals surface area (Å²) in [6, 6.07) is 14.5. The van der Waals surface area contributed by atoms with Gasteiger partial charge >= 0.3 is 0 Å². The van der Waals surface area contributed by atoms with Gasteiger partial charge in [-0.3, -0.25) is 9.59 Å². The topological polar surface area (TPSA) is 84.7 Å². The van der Waals surface area contributed by atoms with Crippen LogP contribution in [0.4, 0.5) is 11.4 Å². The number of ether oxygens (including phenoxy) is 1. The van der Waals surface area contributed by atoms with Crippen LogP contribution in [0.1, 0.15) is 31.4 Å². The Morgan fingerprint density at radius 3 is 2.54 bits per heavy atom. The molecule has 6 nitrogen and oxygen atoms in total.